The van der Waals surface area contributed by atoms with E-state index in [1.807, 2.05) is 42.7 Å². The predicted molar refractivity (Wildman–Crippen MR) is 194 cm³/mol. The van der Waals surface area contributed by atoms with Crippen LogP contribution in [0.4, 0.5) is 5.69 Å². The maximum absolute atomic E-state index is 13.5. The number of thiophene rings is 1. The topological polar surface area (TPSA) is 116 Å². The number of rotatable bonds is 12. The predicted octanol–water partition coefficient (Wildman–Crippen LogP) is 7.04. The molecule has 49 heavy (non-hydrogen) atoms. The third-order valence-electron chi connectivity index (χ3n) is 11.0. The number of carbonyl (C=O) groups excluding carboxylic acids is 2. The maximum Gasteiger partial charge on any atom is 0.310 e. The van der Waals surface area contributed by atoms with Gasteiger partial charge in [0.05, 0.1) is 28.9 Å². The molecule has 0 radical (unpaired) electrons. The lowest BCUT2D eigenvalue weighted by Gasteiger charge is -2.39. The van der Waals surface area contributed by atoms with Gasteiger partial charge in [0.15, 0.2) is 5.82 Å². The van der Waals surface area contributed by atoms with E-state index >= 15 is 0 Å². The largest absolute Gasteiger partial charge is 0.481 e. The Bertz CT molecular complexity index is 1570. The Morgan fingerprint density at radius 2 is 1.57 bits per heavy atom. The minimum atomic E-state index is -0.907. The van der Waals surface area contributed by atoms with Crippen LogP contribution in [-0.4, -0.2) is 70.0 Å². The van der Waals surface area contributed by atoms with Crippen LogP contribution in [0.2, 0.25) is 0 Å². The zero-order valence-electron chi connectivity index (χ0n) is 29.1. The van der Waals surface area contributed by atoms with Gasteiger partial charge >= 0.3 is 5.97 Å². The Hall–Kier alpha value is -3.79. The van der Waals surface area contributed by atoms with Crippen LogP contribution in [0.15, 0.2) is 48.8 Å². The number of hydrogen-bond acceptors (Lipinski definition) is 7. The molecule has 1 saturated carbocycles. The van der Waals surface area contributed by atoms with E-state index in [1.54, 1.807) is 6.07 Å². The first kappa shape index (κ1) is 35.1. The zero-order valence-corrected chi connectivity index (χ0v) is 30.0. The van der Waals surface area contributed by atoms with Crippen molar-refractivity contribution < 1.29 is 19.5 Å². The van der Waals surface area contributed by atoms with E-state index in [4.69, 9.17) is 9.97 Å². The Kier molecular flexibility index (Phi) is 11.3. The van der Waals surface area contributed by atoms with Crippen molar-refractivity contribution in [3.05, 3.63) is 64.1 Å². The lowest BCUT2D eigenvalue weighted by atomic mass is 9.72. The third kappa shape index (κ3) is 8.51. The number of anilines is 1. The first-order valence-corrected chi connectivity index (χ1v) is 19.1. The Morgan fingerprint density at radius 1 is 0.918 bits per heavy atom. The summed E-state index contributed by atoms with van der Waals surface area (Å²) in [5, 5.41) is 12.2. The maximum atomic E-state index is 13.5. The molecule has 3 aliphatic rings. The molecule has 3 fully saturated rings. The summed E-state index contributed by atoms with van der Waals surface area (Å²) in [7, 11) is 0. The lowest BCUT2D eigenvalue weighted by molar-refractivity contribution is -0.153. The highest BCUT2D eigenvalue weighted by Gasteiger charge is 2.39. The minimum Gasteiger partial charge on any atom is -0.481 e. The average Bonchev–Trinajstić information content (AvgIpc) is 3.60. The number of aliphatic carboxylic acids is 1. The van der Waals surface area contributed by atoms with Gasteiger partial charge in [-0.25, -0.2) is 9.97 Å². The normalized spacial score (nSPS) is 21.0. The smallest absolute Gasteiger partial charge is 0.310 e. The van der Waals surface area contributed by atoms with Crippen molar-refractivity contribution in [3.63, 3.8) is 0 Å². The fourth-order valence-corrected chi connectivity index (χ4v) is 8.81. The first-order valence-electron chi connectivity index (χ1n) is 18.3. The van der Waals surface area contributed by atoms with Crippen molar-refractivity contribution in [1.29, 1.82) is 0 Å². The summed E-state index contributed by atoms with van der Waals surface area (Å²) in [6, 6.07) is 10.7. The van der Waals surface area contributed by atoms with E-state index in [0.29, 0.717) is 16.6 Å². The minimum absolute atomic E-state index is 0.154. The fourth-order valence-electron chi connectivity index (χ4n) is 7.89. The highest BCUT2D eigenvalue weighted by Crippen LogP contribution is 2.39. The average molecular weight is 686 g/mol. The van der Waals surface area contributed by atoms with Crippen molar-refractivity contribution in [2.75, 3.05) is 31.1 Å². The van der Waals surface area contributed by atoms with Crippen molar-refractivity contribution in [2.24, 2.45) is 23.7 Å². The Labute approximate surface area is 294 Å². The van der Waals surface area contributed by atoms with Crippen LogP contribution in [0, 0.1) is 23.7 Å². The monoisotopic (exact) mass is 685 g/mol. The second kappa shape index (κ2) is 15.8. The fraction of sp³-hybridized carbons (Fsp3) is 0.564. The Morgan fingerprint density at radius 3 is 2.16 bits per heavy atom. The molecular weight excluding hydrogens is 635 g/mol. The molecule has 4 heterocycles. The van der Waals surface area contributed by atoms with Gasteiger partial charge in [-0.3, -0.25) is 14.4 Å². The number of piperidine rings is 1. The number of aromatic nitrogens is 2. The zero-order chi connectivity index (χ0) is 34.5. The number of carboxylic acids is 1. The van der Waals surface area contributed by atoms with E-state index < -0.39 is 17.9 Å². The van der Waals surface area contributed by atoms with E-state index in [-0.39, 0.29) is 31.3 Å². The molecule has 0 bridgehead atoms. The quantitative estimate of drug-likeness (QED) is 0.210. The van der Waals surface area contributed by atoms with Crippen molar-refractivity contribution in [1.82, 2.24) is 20.2 Å². The molecule has 1 atom stereocenters. The molecule has 6 rings (SSSR count). The number of likely N-dealkylation sites (tertiary alicyclic amines) is 1. The van der Waals surface area contributed by atoms with Crippen LogP contribution < -0.4 is 10.2 Å². The number of benzene rings is 1. The molecule has 262 valence electrons. The number of hydrogen-bond donors (Lipinski definition) is 2. The van der Waals surface area contributed by atoms with Crippen molar-refractivity contribution in [3.8, 4) is 11.4 Å². The molecule has 1 aromatic carbocycles. The van der Waals surface area contributed by atoms with E-state index in [9.17, 15) is 19.5 Å². The molecule has 2 aromatic heterocycles. The summed E-state index contributed by atoms with van der Waals surface area (Å²) >= 11 is 1.43. The summed E-state index contributed by atoms with van der Waals surface area (Å²) in [5.41, 5.74) is 2.83. The van der Waals surface area contributed by atoms with Gasteiger partial charge in [0.25, 0.3) is 5.91 Å². The number of nitrogens with one attached hydrogen (secondary N) is 1. The molecule has 10 heteroatoms. The molecule has 3 aromatic rings. The van der Waals surface area contributed by atoms with E-state index in [2.05, 4.69) is 31.0 Å². The van der Waals surface area contributed by atoms with Gasteiger partial charge in [0, 0.05) is 43.0 Å². The van der Waals surface area contributed by atoms with Gasteiger partial charge in [-0.15, -0.1) is 11.3 Å². The molecular formula is C39H51N5O4S. The van der Waals surface area contributed by atoms with Gasteiger partial charge in [0.2, 0.25) is 5.91 Å². The van der Waals surface area contributed by atoms with Crippen LogP contribution in [0.25, 0.3) is 11.4 Å². The van der Waals surface area contributed by atoms with E-state index in [0.717, 1.165) is 52.5 Å². The molecule has 2 aliphatic heterocycles. The summed E-state index contributed by atoms with van der Waals surface area (Å²) < 4.78 is 0. The highest BCUT2D eigenvalue weighted by molar-refractivity contribution is 7.14. The number of amides is 2. The van der Waals surface area contributed by atoms with Gasteiger partial charge in [-0.2, -0.15) is 0 Å². The summed E-state index contributed by atoms with van der Waals surface area (Å²) in [6.45, 7) is 8.90. The lowest BCUT2D eigenvalue weighted by Crippen LogP contribution is -2.59. The molecule has 2 saturated heterocycles. The summed E-state index contributed by atoms with van der Waals surface area (Å²) in [5.74, 6) is 1.63. The second-order valence-electron chi connectivity index (χ2n) is 14.7. The third-order valence-corrected chi connectivity index (χ3v) is 12.4. The molecule has 2 amide bonds. The number of carbonyl (C=O) groups is 3. The number of carboxylic acid groups (broad SMARTS) is 1. The standard InChI is InChI=1S/C39H51N5O4S/c1-4-5-26-6-10-28(11-7-26)29-16-18-43(19-17-29)32-21-40-36(41-22-32)30-12-8-27(9-13-30)20-33(38(46)44-23-31(24-44)39(47)48)42-37(45)35-15-14-34(49-35)25(2)3/h8-9,12-15,21-22,25-26,28-29,31,33H,4-7,10-11,16-20,23-24H2,1-3H3,(H,42,45)(H,47,48)/t26?,28?,33-/m0/s1. The van der Waals surface area contributed by atoms with E-state index in [1.165, 1.54) is 67.6 Å². The van der Waals surface area contributed by atoms with Crippen molar-refractivity contribution >= 4 is 34.8 Å². The van der Waals surface area contributed by atoms with Crippen LogP contribution in [0.3, 0.4) is 0 Å². The SMILES string of the molecule is CCCC1CCC(C2CCN(c3cnc(-c4ccc(C[C@H](NC(=O)c5ccc(C(C)C)s5)C(=O)N5CC(C(=O)O)C5)cc4)nc3)CC2)CC1. The van der Waals surface area contributed by atoms with Crippen LogP contribution in [-0.2, 0) is 16.0 Å². The van der Waals surface area contributed by atoms with Gasteiger partial charge < -0.3 is 20.2 Å². The number of nitrogens with zero attached hydrogens (tertiary/aromatic N) is 4. The molecule has 2 N–H and O–H groups in total. The highest BCUT2D eigenvalue weighted by atomic mass is 32.1. The van der Waals surface area contributed by atoms with Crippen LogP contribution in [0.1, 0.15) is 98.2 Å². The first-order chi connectivity index (χ1) is 23.7. The van der Waals surface area contributed by atoms with Gasteiger partial charge in [0.1, 0.15) is 6.04 Å². The summed E-state index contributed by atoms with van der Waals surface area (Å²) in [6.07, 6.45) is 15.1. The van der Waals surface area contributed by atoms with Crippen molar-refractivity contribution in [2.45, 2.75) is 90.5 Å². The van der Waals surface area contributed by atoms with Gasteiger partial charge in [-0.05, 0) is 67.1 Å². The second-order valence-corrected chi connectivity index (χ2v) is 15.8. The summed E-state index contributed by atoms with van der Waals surface area (Å²) in [4.78, 5) is 53.0. The van der Waals surface area contributed by atoms with Crippen LogP contribution in [0.5, 0.6) is 0 Å². The van der Waals surface area contributed by atoms with Gasteiger partial charge in [-0.1, -0.05) is 70.7 Å². The molecule has 9 nitrogen and oxygen atoms in total. The molecule has 1 aliphatic carbocycles. The molecule has 0 unspecified atom stereocenters. The van der Waals surface area contributed by atoms with Crippen LogP contribution >= 0.6 is 11.3 Å². The molecule has 0 spiro atoms. The Balaban J connectivity index is 1.05.